The number of aliphatic hydroxyl groups excluding tert-OH is 1. The standard InChI is InChI=1S/C26H26ClN5O2/c1-31-11-9-20(10-12-31)32-16-29-22-8-7-18(13-21(22)26(32)34)19-14-23(24(27)28-15-19)30-25(33)17-5-3-2-4-6-17/h2-8,13-16,20,25,30,33H,9-12H2,1H3. The fraction of sp³-hybridized carbons (Fsp3) is 0.269. The van der Waals surface area contributed by atoms with Crippen LogP contribution in [-0.2, 0) is 0 Å². The number of piperidine rings is 1. The second kappa shape index (κ2) is 9.54. The van der Waals surface area contributed by atoms with Crippen molar-refractivity contribution in [3.8, 4) is 11.1 Å². The fourth-order valence-corrected chi connectivity index (χ4v) is 4.58. The number of aliphatic hydroxyl groups is 1. The van der Waals surface area contributed by atoms with Gasteiger partial charge in [-0.1, -0.05) is 48.0 Å². The van der Waals surface area contributed by atoms with E-state index in [9.17, 15) is 9.90 Å². The number of hydrogen-bond donors (Lipinski definition) is 2. The maximum Gasteiger partial charge on any atom is 0.261 e. The number of aromatic nitrogens is 3. The van der Waals surface area contributed by atoms with Crippen LogP contribution >= 0.6 is 11.6 Å². The molecule has 174 valence electrons. The van der Waals surface area contributed by atoms with Gasteiger partial charge in [-0.15, -0.1) is 0 Å². The van der Waals surface area contributed by atoms with Gasteiger partial charge < -0.3 is 15.3 Å². The molecule has 2 aromatic heterocycles. The van der Waals surface area contributed by atoms with Gasteiger partial charge >= 0.3 is 0 Å². The van der Waals surface area contributed by atoms with Crippen molar-refractivity contribution >= 4 is 28.2 Å². The molecule has 1 unspecified atom stereocenters. The van der Waals surface area contributed by atoms with Crippen LogP contribution in [0.3, 0.4) is 0 Å². The quantitative estimate of drug-likeness (QED) is 0.327. The lowest BCUT2D eigenvalue weighted by atomic mass is 10.0. The Balaban J connectivity index is 1.47. The van der Waals surface area contributed by atoms with Gasteiger partial charge in [-0.05, 0) is 56.7 Å². The number of nitrogens with zero attached hydrogens (tertiary/aromatic N) is 4. The Labute approximate surface area is 202 Å². The van der Waals surface area contributed by atoms with Crippen molar-refractivity contribution in [2.75, 3.05) is 25.5 Å². The molecule has 7 nitrogen and oxygen atoms in total. The van der Waals surface area contributed by atoms with Crippen LogP contribution < -0.4 is 10.9 Å². The lowest BCUT2D eigenvalue weighted by Crippen LogP contribution is -2.35. The van der Waals surface area contributed by atoms with Gasteiger partial charge in [0, 0.05) is 23.4 Å². The summed E-state index contributed by atoms with van der Waals surface area (Å²) < 4.78 is 1.78. The minimum Gasteiger partial charge on any atom is -0.369 e. The third-order valence-electron chi connectivity index (χ3n) is 6.44. The summed E-state index contributed by atoms with van der Waals surface area (Å²) in [5.41, 5.74) is 3.47. The van der Waals surface area contributed by atoms with Gasteiger partial charge in [0.1, 0.15) is 0 Å². The lowest BCUT2D eigenvalue weighted by Gasteiger charge is -2.30. The molecule has 0 saturated carbocycles. The first kappa shape index (κ1) is 22.5. The van der Waals surface area contributed by atoms with Crippen molar-refractivity contribution in [2.45, 2.75) is 25.1 Å². The van der Waals surface area contributed by atoms with Crippen LogP contribution in [0.1, 0.15) is 30.7 Å². The van der Waals surface area contributed by atoms with Crippen LogP contribution in [0.25, 0.3) is 22.0 Å². The minimum atomic E-state index is -0.932. The Kier molecular flexibility index (Phi) is 6.32. The molecule has 5 rings (SSSR count). The SMILES string of the molecule is CN1CCC(n2cnc3ccc(-c4cnc(Cl)c(NC(O)c5ccccc5)c4)cc3c2=O)CC1. The van der Waals surface area contributed by atoms with E-state index in [0.717, 1.165) is 42.6 Å². The van der Waals surface area contributed by atoms with E-state index in [-0.39, 0.29) is 16.8 Å². The predicted octanol–water partition coefficient (Wildman–Crippen LogP) is 4.48. The Morgan fingerprint density at radius 2 is 1.82 bits per heavy atom. The fourth-order valence-electron chi connectivity index (χ4n) is 4.42. The number of rotatable bonds is 5. The number of fused-ring (bicyclic) bond motifs is 1. The van der Waals surface area contributed by atoms with E-state index >= 15 is 0 Å². The lowest BCUT2D eigenvalue weighted by molar-refractivity contribution is 0.208. The molecule has 0 radical (unpaired) electrons. The third-order valence-corrected chi connectivity index (χ3v) is 6.75. The first-order valence-corrected chi connectivity index (χ1v) is 11.7. The Bertz CT molecular complexity index is 1370. The number of anilines is 1. The van der Waals surface area contributed by atoms with Gasteiger partial charge in [-0.3, -0.25) is 9.36 Å². The van der Waals surface area contributed by atoms with Crippen molar-refractivity contribution in [2.24, 2.45) is 0 Å². The highest BCUT2D eigenvalue weighted by atomic mass is 35.5. The van der Waals surface area contributed by atoms with Crippen molar-refractivity contribution in [1.82, 2.24) is 19.4 Å². The van der Waals surface area contributed by atoms with Crippen LogP contribution in [0, 0.1) is 0 Å². The summed E-state index contributed by atoms with van der Waals surface area (Å²) in [7, 11) is 2.10. The molecule has 2 N–H and O–H groups in total. The molecule has 3 heterocycles. The second-order valence-corrected chi connectivity index (χ2v) is 9.10. The Hall–Kier alpha value is -3.26. The maximum atomic E-state index is 13.3. The number of hydrogen-bond acceptors (Lipinski definition) is 6. The van der Waals surface area contributed by atoms with Gasteiger partial charge in [0.25, 0.3) is 5.56 Å². The first-order valence-electron chi connectivity index (χ1n) is 11.3. The van der Waals surface area contributed by atoms with E-state index in [4.69, 9.17) is 11.6 Å². The normalized spacial score (nSPS) is 16.0. The summed E-state index contributed by atoms with van der Waals surface area (Å²) in [4.78, 5) is 24.5. The highest BCUT2D eigenvalue weighted by molar-refractivity contribution is 6.32. The van der Waals surface area contributed by atoms with Crippen LogP contribution in [0.2, 0.25) is 5.15 Å². The summed E-state index contributed by atoms with van der Waals surface area (Å²) in [6.07, 6.45) is 4.28. The van der Waals surface area contributed by atoms with Gasteiger partial charge in [-0.25, -0.2) is 9.97 Å². The molecule has 1 saturated heterocycles. The van der Waals surface area contributed by atoms with Crippen LogP contribution in [0.5, 0.6) is 0 Å². The molecule has 1 aliphatic heterocycles. The van der Waals surface area contributed by atoms with E-state index in [1.54, 1.807) is 17.1 Å². The van der Waals surface area contributed by atoms with Crippen molar-refractivity contribution < 1.29 is 5.11 Å². The monoisotopic (exact) mass is 475 g/mol. The number of nitrogens with one attached hydrogen (secondary N) is 1. The molecule has 4 aromatic rings. The van der Waals surface area contributed by atoms with Gasteiger partial charge in [0.15, 0.2) is 11.4 Å². The van der Waals surface area contributed by atoms with E-state index in [1.165, 1.54) is 0 Å². The Morgan fingerprint density at radius 3 is 2.59 bits per heavy atom. The van der Waals surface area contributed by atoms with Gasteiger partial charge in [0.2, 0.25) is 0 Å². The minimum absolute atomic E-state index is 0.0267. The van der Waals surface area contributed by atoms with E-state index < -0.39 is 6.23 Å². The number of benzene rings is 2. The van der Waals surface area contributed by atoms with E-state index in [0.29, 0.717) is 16.6 Å². The molecule has 1 fully saturated rings. The second-order valence-electron chi connectivity index (χ2n) is 8.74. The number of pyridine rings is 1. The average Bonchev–Trinajstić information content (AvgIpc) is 2.87. The molecule has 2 aromatic carbocycles. The van der Waals surface area contributed by atoms with Gasteiger partial charge in [-0.2, -0.15) is 0 Å². The molecule has 34 heavy (non-hydrogen) atoms. The topological polar surface area (TPSA) is 83.3 Å². The van der Waals surface area contributed by atoms with Crippen molar-refractivity contribution in [3.05, 3.63) is 88.2 Å². The van der Waals surface area contributed by atoms with Crippen LogP contribution in [0.15, 0.2) is 71.9 Å². The molecule has 0 aliphatic carbocycles. The highest BCUT2D eigenvalue weighted by Gasteiger charge is 2.20. The zero-order valence-electron chi connectivity index (χ0n) is 18.9. The van der Waals surface area contributed by atoms with Crippen molar-refractivity contribution in [3.63, 3.8) is 0 Å². The molecule has 1 aliphatic rings. The van der Waals surface area contributed by atoms with E-state index in [2.05, 4.69) is 27.2 Å². The highest BCUT2D eigenvalue weighted by Crippen LogP contribution is 2.30. The first-order chi connectivity index (χ1) is 16.5. The van der Waals surface area contributed by atoms with E-state index in [1.807, 2.05) is 54.6 Å². The summed E-state index contributed by atoms with van der Waals surface area (Å²) in [6, 6.07) is 16.9. The summed E-state index contributed by atoms with van der Waals surface area (Å²) >= 11 is 6.30. The van der Waals surface area contributed by atoms with Crippen LogP contribution in [-0.4, -0.2) is 44.7 Å². The molecule has 1 atom stereocenters. The zero-order chi connectivity index (χ0) is 23.7. The molecule has 0 amide bonds. The van der Waals surface area contributed by atoms with Crippen molar-refractivity contribution in [1.29, 1.82) is 0 Å². The average molecular weight is 476 g/mol. The molecular weight excluding hydrogens is 450 g/mol. The maximum absolute atomic E-state index is 13.3. The summed E-state index contributed by atoms with van der Waals surface area (Å²) in [6.45, 7) is 1.94. The molecular formula is C26H26ClN5O2. The molecule has 0 spiro atoms. The molecule has 0 bridgehead atoms. The third kappa shape index (κ3) is 4.55. The smallest absolute Gasteiger partial charge is 0.261 e. The Morgan fingerprint density at radius 1 is 1.06 bits per heavy atom. The summed E-state index contributed by atoms with van der Waals surface area (Å²) in [5, 5.41) is 14.4. The predicted molar refractivity (Wildman–Crippen MR) is 135 cm³/mol. The number of halogens is 1. The number of likely N-dealkylation sites (tertiary alicyclic amines) is 1. The van der Waals surface area contributed by atoms with Crippen LogP contribution in [0.4, 0.5) is 5.69 Å². The zero-order valence-corrected chi connectivity index (χ0v) is 19.6. The largest absolute Gasteiger partial charge is 0.369 e. The molecule has 8 heteroatoms. The summed E-state index contributed by atoms with van der Waals surface area (Å²) in [5.74, 6) is 0. The van der Waals surface area contributed by atoms with Gasteiger partial charge in [0.05, 0.1) is 22.9 Å².